The van der Waals surface area contributed by atoms with Crippen molar-refractivity contribution in [2.75, 3.05) is 0 Å². The minimum Gasteiger partial charge on any atom is -0.334 e. The van der Waals surface area contributed by atoms with Gasteiger partial charge in [-0.25, -0.2) is 4.39 Å². The first-order valence-corrected chi connectivity index (χ1v) is 9.27. The van der Waals surface area contributed by atoms with Crippen LogP contribution in [-0.4, -0.2) is 24.9 Å². The van der Waals surface area contributed by atoms with Gasteiger partial charge in [-0.15, -0.1) is 10.2 Å². The Labute approximate surface area is 159 Å². The minimum absolute atomic E-state index is 0.305. The molecular formula is C19H16FN5OS. The third-order valence-corrected chi connectivity index (χ3v) is 5.13. The predicted molar refractivity (Wildman–Crippen MR) is 100 cm³/mol. The van der Waals surface area contributed by atoms with Gasteiger partial charge in [0, 0.05) is 18.2 Å². The fourth-order valence-electron chi connectivity index (χ4n) is 2.65. The molecule has 0 bridgehead atoms. The van der Waals surface area contributed by atoms with E-state index in [9.17, 15) is 4.39 Å². The van der Waals surface area contributed by atoms with Crippen molar-refractivity contribution in [3.63, 3.8) is 0 Å². The lowest BCUT2D eigenvalue weighted by Crippen LogP contribution is -1.96. The Bertz CT molecular complexity index is 1070. The highest BCUT2D eigenvalue weighted by Gasteiger charge is 2.15. The Hall–Kier alpha value is -3.00. The molecule has 0 saturated heterocycles. The van der Waals surface area contributed by atoms with E-state index in [0.29, 0.717) is 23.0 Å². The topological polar surface area (TPSA) is 69.6 Å². The van der Waals surface area contributed by atoms with Crippen LogP contribution in [0.5, 0.6) is 0 Å². The maximum atomic E-state index is 13.0. The zero-order valence-electron chi connectivity index (χ0n) is 14.8. The molecule has 2 aromatic carbocycles. The van der Waals surface area contributed by atoms with Gasteiger partial charge in [-0.1, -0.05) is 41.2 Å². The van der Waals surface area contributed by atoms with E-state index in [4.69, 9.17) is 4.52 Å². The summed E-state index contributed by atoms with van der Waals surface area (Å²) < 4.78 is 20.2. The van der Waals surface area contributed by atoms with Crippen molar-refractivity contribution in [1.82, 2.24) is 24.9 Å². The van der Waals surface area contributed by atoms with E-state index < -0.39 is 0 Å². The standard InChI is InChI=1S/C19H16FN5OS/c1-12-5-3-4-6-15(12)17-22-23-19(25(17)2)27-11-16-21-18(26-24-16)13-7-9-14(20)10-8-13/h3-10H,11H2,1-2H3. The van der Waals surface area contributed by atoms with Gasteiger partial charge in [0.05, 0.1) is 5.75 Å². The summed E-state index contributed by atoms with van der Waals surface area (Å²) in [6, 6.07) is 14.0. The van der Waals surface area contributed by atoms with Crippen molar-refractivity contribution in [2.24, 2.45) is 7.05 Å². The predicted octanol–water partition coefficient (Wildman–Crippen LogP) is 4.27. The lowest BCUT2D eigenvalue weighted by molar-refractivity contribution is 0.425. The quantitative estimate of drug-likeness (QED) is 0.481. The highest BCUT2D eigenvalue weighted by atomic mass is 32.2. The molecule has 2 aromatic heterocycles. The van der Waals surface area contributed by atoms with Crippen LogP contribution in [0.3, 0.4) is 0 Å². The molecule has 0 atom stereocenters. The summed E-state index contributed by atoms with van der Waals surface area (Å²) in [6.45, 7) is 2.05. The van der Waals surface area contributed by atoms with E-state index in [2.05, 4.69) is 20.3 Å². The number of benzene rings is 2. The van der Waals surface area contributed by atoms with Crippen molar-refractivity contribution in [2.45, 2.75) is 17.8 Å². The third-order valence-electron chi connectivity index (χ3n) is 4.11. The Balaban J connectivity index is 1.49. The van der Waals surface area contributed by atoms with Crippen molar-refractivity contribution in [1.29, 1.82) is 0 Å². The van der Waals surface area contributed by atoms with E-state index >= 15 is 0 Å². The van der Waals surface area contributed by atoms with Crippen LogP contribution in [0.2, 0.25) is 0 Å². The fraction of sp³-hybridized carbons (Fsp3) is 0.158. The SMILES string of the molecule is Cc1ccccc1-c1nnc(SCc2noc(-c3ccc(F)cc3)n2)n1C. The molecule has 0 amide bonds. The summed E-state index contributed by atoms with van der Waals surface area (Å²) in [5.41, 5.74) is 2.88. The van der Waals surface area contributed by atoms with Crippen LogP contribution in [0.1, 0.15) is 11.4 Å². The molecule has 4 aromatic rings. The van der Waals surface area contributed by atoms with Gasteiger partial charge in [0.1, 0.15) is 5.82 Å². The molecule has 0 aliphatic carbocycles. The molecule has 27 heavy (non-hydrogen) atoms. The first-order chi connectivity index (χ1) is 13.1. The first kappa shape index (κ1) is 17.4. The maximum Gasteiger partial charge on any atom is 0.257 e. The maximum absolute atomic E-state index is 13.0. The molecule has 0 unspecified atom stereocenters. The summed E-state index contributed by atoms with van der Waals surface area (Å²) in [4.78, 5) is 4.36. The number of thioether (sulfide) groups is 1. The molecule has 0 aliphatic rings. The number of hydrogen-bond donors (Lipinski definition) is 0. The summed E-state index contributed by atoms with van der Waals surface area (Å²) >= 11 is 1.48. The van der Waals surface area contributed by atoms with Crippen LogP contribution in [0, 0.1) is 12.7 Å². The molecule has 8 heteroatoms. The van der Waals surface area contributed by atoms with Gasteiger partial charge in [-0.05, 0) is 36.8 Å². The Kier molecular flexibility index (Phi) is 4.72. The van der Waals surface area contributed by atoms with Gasteiger partial charge in [0.25, 0.3) is 5.89 Å². The third kappa shape index (κ3) is 3.61. The number of halogens is 1. The second-order valence-corrected chi connectivity index (χ2v) is 6.93. The van der Waals surface area contributed by atoms with Gasteiger partial charge in [0.15, 0.2) is 16.8 Å². The number of rotatable bonds is 5. The smallest absolute Gasteiger partial charge is 0.257 e. The monoisotopic (exact) mass is 381 g/mol. The second-order valence-electron chi connectivity index (χ2n) is 5.99. The van der Waals surface area contributed by atoms with Crippen molar-refractivity contribution in [3.8, 4) is 22.8 Å². The average Bonchev–Trinajstić information content (AvgIpc) is 3.28. The van der Waals surface area contributed by atoms with E-state index in [1.54, 1.807) is 12.1 Å². The average molecular weight is 381 g/mol. The second kappa shape index (κ2) is 7.32. The van der Waals surface area contributed by atoms with Gasteiger partial charge in [-0.3, -0.25) is 0 Å². The largest absolute Gasteiger partial charge is 0.334 e. The zero-order valence-corrected chi connectivity index (χ0v) is 15.6. The van der Waals surface area contributed by atoms with Crippen LogP contribution < -0.4 is 0 Å². The molecule has 2 heterocycles. The van der Waals surface area contributed by atoms with E-state index in [1.165, 1.54) is 23.9 Å². The lowest BCUT2D eigenvalue weighted by Gasteiger charge is -2.05. The molecule has 0 radical (unpaired) electrons. The lowest BCUT2D eigenvalue weighted by atomic mass is 10.1. The molecule has 0 saturated carbocycles. The van der Waals surface area contributed by atoms with Crippen LogP contribution >= 0.6 is 11.8 Å². The van der Waals surface area contributed by atoms with E-state index in [0.717, 1.165) is 22.1 Å². The molecule has 0 N–H and O–H groups in total. The molecule has 0 fully saturated rings. The first-order valence-electron chi connectivity index (χ1n) is 8.28. The Morgan fingerprint density at radius 3 is 2.63 bits per heavy atom. The molecule has 4 rings (SSSR count). The molecule has 6 nitrogen and oxygen atoms in total. The van der Waals surface area contributed by atoms with Crippen LogP contribution in [0.15, 0.2) is 58.2 Å². The molecule has 0 aliphatic heterocycles. The van der Waals surface area contributed by atoms with Crippen molar-refractivity contribution in [3.05, 3.63) is 65.7 Å². The highest BCUT2D eigenvalue weighted by molar-refractivity contribution is 7.98. The number of aryl methyl sites for hydroxylation is 1. The molecular weight excluding hydrogens is 365 g/mol. The summed E-state index contributed by atoms with van der Waals surface area (Å²) in [5.74, 6) is 1.91. The zero-order chi connectivity index (χ0) is 18.8. The molecule has 0 spiro atoms. The van der Waals surface area contributed by atoms with E-state index in [1.807, 2.05) is 42.8 Å². The van der Waals surface area contributed by atoms with Crippen LogP contribution in [-0.2, 0) is 12.8 Å². The van der Waals surface area contributed by atoms with Crippen LogP contribution in [0.25, 0.3) is 22.8 Å². The van der Waals surface area contributed by atoms with Gasteiger partial charge < -0.3 is 9.09 Å². The summed E-state index contributed by atoms with van der Waals surface area (Å²) in [5, 5.41) is 13.3. The highest BCUT2D eigenvalue weighted by Crippen LogP contribution is 2.27. The summed E-state index contributed by atoms with van der Waals surface area (Å²) in [6.07, 6.45) is 0. The van der Waals surface area contributed by atoms with Gasteiger partial charge in [0.2, 0.25) is 0 Å². The fourth-order valence-corrected chi connectivity index (χ4v) is 3.40. The van der Waals surface area contributed by atoms with Gasteiger partial charge >= 0.3 is 0 Å². The number of aromatic nitrogens is 5. The Morgan fingerprint density at radius 2 is 1.85 bits per heavy atom. The molecule has 136 valence electrons. The van der Waals surface area contributed by atoms with Gasteiger partial charge in [-0.2, -0.15) is 4.98 Å². The van der Waals surface area contributed by atoms with Crippen molar-refractivity contribution >= 4 is 11.8 Å². The minimum atomic E-state index is -0.305. The van der Waals surface area contributed by atoms with Crippen LogP contribution in [0.4, 0.5) is 4.39 Å². The Morgan fingerprint density at radius 1 is 1.07 bits per heavy atom. The normalized spacial score (nSPS) is 11.1. The summed E-state index contributed by atoms with van der Waals surface area (Å²) in [7, 11) is 1.93. The van der Waals surface area contributed by atoms with Crippen molar-refractivity contribution < 1.29 is 8.91 Å². The van der Waals surface area contributed by atoms with E-state index in [-0.39, 0.29) is 5.82 Å². The number of hydrogen-bond acceptors (Lipinski definition) is 6. The number of nitrogens with zero attached hydrogens (tertiary/aromatic N) is 5.